The Bertz CT molecular complexity index is 659. The van der Waals surface area contributed by atoms with Crippen LogP contribution in [0.15, 0.2) is 48.5 Å². The first kappa shape index (κ1) is 15.2. The molecule has 0 unspecified atom stereocenters. The molecule has 0 saturated carbocycles. The molecule has 0 fully saturated rings. The summed E-state index contributed by atoms with van der Waals surface area (Å²) in [5.74, 6) is -1.12. The number of halogens is 4. The van der Waals surface area contributed by atoms with Crippen LogP contribution in [0.4, 0.5) is 18.9 Å². The highest BCUT2D eigenvalue weighted by Crippen LogP contribution is 2.30. The summed E-state index contributed by atoms with van der Waals surface area (Å²) in [5.41, 5.74) is 0.0562. The van der Waals surface area contributed by atoms with Crippen molar-refractivity contribution < 1.29 is 22.7 Å². The molecule has 0 aliphatic rings. The van der Waals surface area contributed by atoms with Crippen LogP contribution >= 0.6 is 11.6 Å². The van der Waals surface area contributed by atoms with E-state index < -0.39 is 18.0 Å². The number of alkyl halides is 3. The van der Waals surface area contributed by atoms with Crippen LogP contribution in [-0.2, 0) is 0 Å². The smallest absolute Gasteiger partial charge is 0.404 e. The second-order valence-corrected chi connectivity index (χ2v) is 4.39. The van der Waals surface area contributed by atoms with E-state index in [9.17, 15) is 18.0 Å². The van der Waals surface area contributed by atoms with Gasteiger partial charge in [0.2, 0.25) is 0 Å². The Morgan fingerprint density at radius 2 is 1.67 bits per heavy atom. The van der Waals surface area contributed by atoms with Crippen LogP contribution in [0.3, 0.4) is 0 Å². The van der Waals surface area contributed by atoms with Crippen molar-refractivity contribution >= 4 is 23.2 Å². The van der Waals surface area contributed by atoms with Crippen LogP contribution in [0.2, 0.25) is 5.02 Å². The van der Waals surface area contributed by atoms with Crippen LogP contribution in [0, 0.1) is 0 Å². The molecule has 2 aromatic rings. The number of hydrogen-bond donors (Lipinski definition) is 1. The Morgan fingerprint density at radius 3 is 2.33 bits per heavy atom. The molecule has 3 nitrogen and oxygen atoms in total. The number of amides is 1. The van der Waals surface area contributed by atoms with Gasteiger partial charge in [0, 0.05) is 0 Å². The fourth-order valence-electron chi connectivity index (χ4n) is 1.62. The summed E-state index contributed by atoms with van der Waals surface area (Å²) in [6.45, 7) is 0. The number of carbonyl (C=O) groups excluding carboxylic acids is 1. The van der Waals surface area contributed by atoms with Gasteiger partial charge in [-0.15, -0.1) is 13.2 Å². The van der Waals surface area contributed by atoms with Gasteiger partial charge in [-0.05, 0) is 24.3 Å². The topological polar surface area (TPSA) is 38.3 Å². The Balaban J connectivity index is 2.24. The monoisotopic (exact) mass is 315 g/mol. The molecular weight excluding hydrogens is 307 g/mol. The van der Waals surface area contributed by atoms with Gasteiger partial charge in [-0.2, -0.15) is 0 Å². The molecule has 0 saturated heterocycles. The van der Waals surface area contributed by atoms with Crippen LogP contribution in [0.25, 0.3) is 0 Å². The second-order valence-electron chi connectivity index (χ2n) is 3.98. The summed E-state index contributed by atoms with van der Waals surface area (Å²) in [4.78, 5) is 12.0. The quantitative estimate of drug-likeness (QED) is 0.906. The van der Waals surface area contributed by atoms with Gasteiger partial charge in [0.25, 0.3) is 5.91 Å². The van der Waals surface area contributed by atoms with E-state index in [-0.39, 0.29) is 16.3 Å². The molecule has 7 heteroatoms. The predicted molar refractivity (Wildman–Crippen MR) is 72.5 cm³/mol. The van der Waals surface area contributed by atoms with Crippen molar-refractivity contribution in [1.29, 1.82) is 0 Å². The van der Waals surface area contributed by atoms with E-state index in [4.69, 9.17) is 11.6 Å². The van der Waals surface area contributed by atoms with E-state index in [1.165, 1.54) is 30.3 Å². The highest BCUT2D eigenvalue weighted by Gasteiger charge is 2.32. The largest absolute Gasteiger partial charge is 0.573 e. The molecule has 0 atom stereocenters. The van der Waals surface area contributed by atoms with E-state index in [0.717, 1.165) is 6.07 Å². The summed E-state index contributed by atoms with van der Waals surface area (Å²) in [5, 5.41) is 2.54. The van der Waals surface area contributed by atoms with Crippen molar-refractivity contribution in [3.63, 3.8) is 0 Å². The van der Waals surface area contributed by atoms with Gasteiger partial charge in [-0.1, -0.05) is 35.9 Å². The summed E-state index contributed by atoms with van der Waals surface area (Å²) in [7, 11) is 0. The molecule has 1 N–H and O–H groups in total. The minimum Gasteiger partial charge on any atom is -0.404 e. The van der Waals surface area contributed by atoms with Crippen molar-refractivity contribution in [2.75, 3.05) is 5.32 Å². The molecule has 2 aromatic carbocycles. The van der Waals surface area contributed by atoms with Gasteiger partial charge < -0.3 is 10.1 Å². The second kappa shape index (κ2) is 6.05. The van der Waals surface area contributed by atoms with E-state index in [1.807, 2.05) is 0 Å². The van der Waals surface area contributed by atoms with Crippen LogP contribution < -0.4 is 10.1 Å². The van der Waals surface area contributed by atoms with Crippen molar-refractivity contribution in [1.82, 2.24) is 0 Å². The van der Waals surface area contributed by atoms with Gasteiger partial charge in [0.15, 0.2) is 5.75 Å². The number of hydrogen-bond acceptors (Lipinski definition) is 2. The Labute approximate surface area is 123 Å². The third kappa shape index (κ3) is 4.13. The summed E-state index contributed by atoms with van der Waals surface area (Å²) in [6, 6.07) is 11.5. The maximum absolute atomic E-state index is 12.3. The Kier molecular flexibility index (Phi) is 4.37. The van der Waals surface area contributed by atoms with E-state index in [0.29, 0.717) is 0 Å². The lowest BCUT2D eigenvalue weighted by atomic mass is 10.2. The van der Waals surface area contributed by atoms with Gasteiger partial charge in [0.05, 0.1) is 16.3 Å². The molecule has 0 aromatic heterocycles. The Morgan fingerprint density at radius 1 is 1.05 bits per heavy atom. The standard InChI is InChI=1S/C14H9ClF3NO2/c15-10-6-2-1-5-9(10)13(20)19-11-7-3-4-8-12(11)21-14(16,17)18/h1-8H,(H,19,20). The number of anilines is 1. The first-order valence-corrected chi connectivity index (χ1v) is 6.15. The van der Waals surface area contributed by atoms with Gasteiger partial charge in [-0.25, -0.2) is 0 Å². The van der Waals surface area contributed by atoms with E-state index in [1.54, 1.807) is 12.1 Å². The highest BCUT2D eigenvalue weighted by atomic mass is 35.5. The first-order chi connectivity index (χ1) is 9.87. The minimum atomic E-state index is -4.84. The lowest BCUT2D eigenvalue weighted by Crippen LogP contribution is -2.19. The molecule has 21 heavy (non-hydrogen) atoms. The summed E-state index contributed by atoms with van der Waals surface area (Å²) in [6.07, 6.45) is -4.84. The van der Waals surface area contributed by atoms with E-state index >= 15 is 0 Å². The number of nitrogens with one attached hydrogen (secondary N) is 1. The highest BCUT2D eigenvalue weighted by molar-refractivity contribution is 6.34. The Hall–Kier alpha value is -2.21. The number of benzene rings is 2. The molecule has 0 bridgehead atoms. The molecule has 2 rings (SSSR count). The fourth-order valence-corrected chi connectivity index (χ4v) is 1.84. The average molecular weight is 316 g/mol. The van der Waals surface area contributed by atoms with Crippen molar-refractivity contribution in [2.45, 2.75) is 6.36 Å². The first-order valence-electron chi connectivity index (χ1n) is 5.77. The average Bonchev–Trinajstić information content (AvgIpc) is 2.40. The molecule has 0 aliphatic heterocycles. The number of para-hydroxylation sites is 2. The fraction of sp³-hybridized carbons (Fsp3) is 0.0714. The SMILES string of the molecule is O=C(Nc1ccccc1OC(F)(F)F)c1ccccc1Cl. The molecule has 0 aliphatic carbocycles. The zero-order valence-corrected chi connectivity index (χ0v) is 11.2. The molecule has 110 valence electrons. The predicted octanol–water partition coefficient (Wildman–Crippen LogP) is 4.49. The van der Waals surface area contributed by atoms with E-state index in [2.05, 4.69) is 10.1 Å². The molecule has 0 spiro atoms. The van der Waals surface area contributed by atoms with Crippen LogP contribution in [0.5, 0.6) is 5.75 Å². The maximum atomic E-state index is 12.3. The van der Waals surface area contributed by atoms with Crippen molar-refractivity contribution in [3.05, 3.63) is 59.1 Å². The zero-order chi connectivity index (χ0) is 15.5. The van der Waals surface area contributed by atoms with Gasteiger partial charge in [0.1, 0.15) is 0 Å². The number of carbonyl (C=O) groups is 1. The van der Waals surface area contributed by atoms with Crippen molar-refractivity contribution in [3.8, 4) is 5.75 Å². The minimum absolute atomic E-state index is 0.0975. The maximum Gasteiger partial charge on any atom is 0.573 e. The lowest BCUT2D eigenvalue weighted by Gasteiger charge is -2.14. The lowest BCUT2D eigenvalue weighted by molar-refractivity contribution is -0.274. The normalized spacial score (nSPS) is 11.0. The zero-order valence-electron chi connectivity index (χ0n) is 10.4. The summed E-state index contributed by atoms with van der Waals surface area (Å²) < 4.78 is 40.7. The third-order valence-corrected chi connectivity index (χ3v) is 2.81. The van der Waals surface area contributed by atoms with Crippen LogP contribution in [-0.4, -0.2) is 12.3 Å². The molecule has 0 radical (unpaired) electrons. The third-order valence-electron chi connectivity index (χ3n) is 2.48. The van der Waals surface area contributed by atoms with Gasteiger partial charge in [-0.3, -0.25) is 4.79 Å². The summed E-state index contributed by atoms with van der Waals surface area (Å²) >= 11 is 5.86. The molecular formula is C14H9ClF3NO2. The number of rotatable bonds is 3. The van der Waals surface area contributed by atoms with Crippen molar-refractivity contribution in [2.24, 2.45) is 0 Å². The molecule has 1 amide bonds. The van der Waals surface area contributed by atoms with Crippen LogP contribution in [0.1, 0.15) is 10.4 Å². The molecule has 0 heterocycles. The number of ether oxygens (including phenoxy) is 1. The van der Waals surface area contributed by atoms with Gasteiger partial charge >= 0.3 is 6.36 Å².